The van der Waals surface area contributed by atoms with Crippen molar-refractivity contribution in [2.24, 2.45) is 11.8 Å². The normalized spacial score (nSPS) is 26.1. The molecule has 256 valence electrons. The second-order valence-electron chi connectivity index (χ2n) is 12.8. The van der Waals surface area contributed by atoms with Gasteiger partial charge >= 0.3 is 5.97 Å². The number of carbonyl (C=O) groups is 4. The predicted octanol–water partition coefficient (Wildman–Crippen LogP) is 4.32. The van der Waals surface area contributed by atoms with Crippen LogP contribution in [0.15, 0.2) is 73.8 Å². The molecule has 1 unspecified atom stereocenters. The van der Waals surface area contributed by atoms with Crippen molar-refractivity contribution in [2.75, 3.05) is 31.2 Å². The Morgan fingerprint density at radius 2 is 1.94 bits per heavy atom. The lowest BCUT2D eigenvalue weighted by molar-refractivity contribution is -0.145. The average Bonchev–Trinajstić information content (AvgIpc) is 3.67. The van der Waals surface area contributed by atoms with Gasteiger partial charge in [0.1, 0.15) is 18.2 Å². The lowest BCUT2D eigenvalue weighted by Gasteiger charge is -2.37. The molecule has 3 fully saturated rings. The molecule has 0 aliphatic carbocycles. The molecule has 3 heterocycles. The Hall–Kier alpha value is -3.80. The van der Waals surface area contributed by atoms with Crippen LogP contribution in [0.25, 0.3) is 0 Å². The van der Waals surface area contributed by atoms with E-state index < -0.39 is 47.5 Å². The molecule has 3 aliphatic rings. The van der Waals surface area contributed by atoms with Crippen LogP contribution in [0.4, 0.5) is 5.69 Å². The van der Waals surface area contributed by atoms with E-state index in [2.05, 4.69) is 34.4 Å². The minimum Gasteiger partial charge on any atom is -0.463 e. The van der Waals surface area contributed by atoms with Gasteiger partial charge in [-0.2, -0.15) is 0 Å². The van der Waals surface area contributed by atoms with Gasteiger partial charge in [-0.25, -0.2) is 0 Å². The number of fused-ring (bicyclic) bond motifs is 1. The molecule has 3 saturated heterocycles. The summed E-state index contributed by atoms with van der Waals surface area (Å²) in [6.45, 7) is 11.5. The minimum atomic E-state index is -1.28. The number of carbonyl (C=O) groups excluding carboxylic acids is 4. The van der Waals surface area contributed by atoms with Crippen LogP contribution in [0.3, 0.4) is 0 Å². The first-order valence-electron chi connectivity index (χ1n) is 16.4. The van der Waals surface area contributed by atoms with Gasteiger partial charge in [-0.1, -0.05) is 70.5 Å². The lowest BCUT2D eigenvalue weighted by atomic mass is 9.70. The molecule has 2 bridgehead atoms. The molecule has 7 atom stereocenters. The van der Waals surface area contributed by atoms with E-state index in [9.17, 15) is 24.3 Å². The summed E-state index contributed by atoms with van der Waals surface area (Å²) in [5.41, 5.74) is 2.03. The number of amides is 3. The zero-order valence-corrected chi connectivity index (χ0v) is 29.1. The third-order valence-corrected chi connectivity index (χ3v) is 10.4. The number of ether oxygens (including phenoxy) is 2. The number of hydrogen-bond donors (Lipinski definition) is 2. The van der Waals surface area contributed by atoms with Crippen LogP contribution in [0, 0.1) is 25.7 Å². The molecular weight excluding hydrogens is 678 g/mol. The predicted molar refractivity (Wildman–Crippen MR) is 185 cm³/mol. The second-order valence-corrected chi connectivity index (χ2v) is 14.0. The first-order valence-corrected chi connectivity index (χ1v) is 17.3. The summed E-state index contributed by atoms with van der Waals surface area (Å²) in [7, 11) is 0. The molecule has 0 radical (unpaired) electrons. The summed E-state index contributed by atoms with van der Waals surface area (Å²) in [6.07, 6.45) is 3.87. The maximum atomic E-state index is 14.8. The maximum absolute atomic E-state index is 14.8. The van der Waals surface area contributed by atoms with Gasteiger partial charge in [0.2, 0.25) is 11.8 Å². The summed E-state index contributed by atoms with van der Waals surface area (Å²) >= 11 is 3.73. The standard InChI is InChI=1S/C37H44BrN3O7/c1-5-7-14-29(43)47-22-27(25-12-9-8-10-13-25)39-34(44)30-31-35(45)41(18-11-19-42)33(37(31)21-26(38)32(30)48-37)36(46)40(17-6-2)28-20-23(3)15-16-24(28)4/h5-6,8-10,12-13,15-16,20,26-27,30-33,42H,1-2,7,11,14,17-19,21-22H2,3-4H3,(H,39,44)/t26?,27-,30-,31+,32-,33-,37+/m1/s1. The summed E-state index contributed by atoms with van der Waals surface area (Å²) in [5.74, 6) is -3.36. The molecule has 2 aromatic rings. The number of hydrogen-bond acceptors (Lipinski definition) is 7. The Labute approximate surface area is 290 Å². The highest BCUT2D eigenvalue weighted by atomic mass is 79.9. The number of nitrogens with one attached hydrogen (secondary N) is 1. The molecule has 5 rings (SSSR count). The Bertz CT molecular complexity index is 1550. The monoisotopic (exact) mass is 721 g/mol. The fourth-order valence-electron chi connectivity index (χ4n) is 7.43. The van der Waals surface area contributed by atoms with E-state index in [0.717, 1.165) is 16.7 Å². The van der Waals surface area contributed by atoms with Crippen molar-refractivity contribution in [3.8, 4) is 0 Å². The number of alkyl halides is 1. The summed E-state index contributed by atoms with van der Waals surface area (Å²) in [4.78, 5) is 58.7. The van der Waals surface area contributed by atoms with Gasteiger partial charge in [0.05, 0.1) is 24.0 Å². The maximum Gasteiger partial charge on any atom is 0.306 e. The first-order chi connectivity index (χ1) is 23.1. The highest BCUT2D eigenvalue weighted by Crippen LogP contribution is 2.60. The molecule has 3 aliphatic heterocycles. The summed E-state index contributed by atoms with van der Waals surface area (Å²) in [6, 6.07) is 13.3. The van der Waals surface area contributed by atoms with Crippen LogP contribution >= 0.6 is 15.9 Å². The number of likely N-dealkylation sites (tertiary alicyclic amines) is 1. The third-order valence-electron chi connectivity index (χ3n) is 9.60. The van der Waals surface area contributed by atoms with E-state index >= 15 is 0 Å². The van der Waals surface area contributed by atoms with Gasteiger partial charge in [0.15, 0.2) is 0 Å². The zero-order valence-electron chi connectivity index (χ0n) is 27.5. The van der Waals surface area contributed by atoms with Crippen LogP contribution in [-0.4, -0.2) is 82.6 Å². The fraction of sp³-hybridized carbons (Fsp3) is 0.459. The Morgan fingerprint density at radius 1 is 1.19 bits per heavy atom. The van der Waals surface area contributed by atoms with Gasteiger partial charge < -0.3 is 29.7 Å². The number of halogens is 1. The number of nitrogens with zero attached hydrogens (tertiary/aromatic N) is 2. The molecule has 0 saturated carbocycles. The largest absolute Gasteiger partial charge is 0.463 e. The number of esters is 1. The smallest absolute Gasteiger partial charge is 0.306 e. The Kier molecular flexibility index (Phi) is 11.2. The number of aryl methyl sites for hydroxylation is 2. The SMILES string of the molecule is C=CCCC(=O)OC[C@@H](NC(=O)[C@H]1[C@@H]2O[C@@]3(CC2Br)[C@@H]1C(=O)N(CCCO)[C@@H]3C(=O)N(CC=C)c1cc(C)ccc1C)c1ccccc1. The molecule has 3 amide bonds. The topological polar surface area (TPSA) is 125 Å². The van der Waals surface area contributed by atoms with E-state index in [4.69, 9.17) is 9.47 Å². The Balaban J connectivity index is 1.49. The molecular formula is C37H44BrN3O7. The summed E-state index contributed by atoms with van der Waals surface area (Å²) in [5, 5.41) is 12.8. The van der Waals surface area contributed by atoms with Crippen molar-refractivity contribution in [1.82, 2.24) is 10.2 Å². The van der Waals surface area contributed by atoms with Gasteiger partial charge in [0.25, 0.3) is 5.91 Å². The van der Waals surface area contributed by atoms with Gasteiger partial charge in [0, 0.05) is 36.6 Å². The number of aliphatic hydroxyl groups is 1. The number of aliphatic hydroxyl groups excluding tert-OH is 1. The number of benzene rings is 2. The van der Waals surface area contributed by atoms with E-state index in [0.29, 0.717) is 18.5 Å². The molecule has 0 aromatic heterocycles. The minimum absolute atomic E-state index is 0.0957. The van der Waals surface area contributed by atoms with Crippen molar-refractivity contribution in [1.29, 1.82) is 0 Å². The third kappa shape index (κ3) is 6.73. The van der Waals surface area contributed by atoms with Gasteiger partial charge in [-0.05, 0) is 55.9 Å². The second kappa shape index (κ2) is 15.2. The van der Waals surface area contributed by atoms with Crippen molar-refractivity contribution in [3.05, 3.63) is 90.5 Å². The molecule has 48 heavy (non-hydrogen) atoms. The van der Waals surface area contributed by atoms with Crippen molar-refractivity contribution < 1.29 is 33.8 Å². The van der Waals surface area contributed by atoms with Crippen molar-refractivity contribution in [3.63, 3.8) is 0 Å². The molecule has 11 heteroatoms. The van der Waals surface area contributed by atoms with E-state index in [1.165, 1.54) is 4.90 Å². The highest BCUT2D eigenvalue weighted by Gasteiger charge is 2.76. The van der Waals surface area contributed by atoms with Crippen LogP contribution < -0.4 is 10.2 Å². The fourth-order valence-corrected chi connectivity index (χ4v) is 8.37. The van der Waals surface area contributed by atoms with Crippen LogP contribution in [0.2, 0.25) is 0 Å². The van der Waals surface area contributed by atoms with E-state index in [-0.39, 0.29) is 55.8 Å². The first kappa shape index (κ1) is 35.5. The molecule has 1 spiro atoms. The zero-order chi connectivity index (χ0) is 34.6. The number of allylic oxidation sites excluding steroid dienone is 1. The molecule has 2 N–H and O–H groups in total. The number of anilines is 1. The molecule has 10 nitrogen and oxygen atoms in total. The van der Waals surface area contributed by atoms with Crippen molar-refractivity contribution >= 4 is 45.3 Å². The summed E-state index contributed by atoms with van der Waals surface area (Å²) < 4.78 is 12.2. The quantitative estimate of drug-likeness (QED) is 0.160. The van der Waals surface area contributed by atoms with Crippen LogP contribution in [-0.2, 0) is 28.7 Å². The lowest BCUT2D eigenvalue weighted by Crippen LogP contribution is -2.57. The van der Waals surface area contributed by atoms with Gasteiger partial charge in [-0.15, -0.1) is 13.2 Å². The van der Waals surface area contributed by atoms with E-state index in [1.807, 2.05) is 62.4 Å². The van der Waals surface area contributed by atoms with Crippen LogP contribution in [0.5, 0.6) is 0 Å². The molecule has 2 aromatic carbocycles. The number of rotatable bonds is 15. The van der Waals surface area contributed by atoms with Crippen LogP contribution in [0.1, 0.15) is 48.4 Å². The Morgan fingerprint density at radius 3 is 2.62 bits per heavy atom. The van der Waals surface area contributed by atoms with Gasteiger partial charge in [-0.3, -0.25) is 19.2 Å². The average molecular weight is 723 g/mol. The van der Waals surface area contributed by atoms with Crippen molar-refractivity contribution in [2.45, 2.75) is 68.1 Å². The highest BCUT2D eigenvalue weighted by molar-refractivity contribution is 9.09. The van der Waals surface area contributed by atoms with E-state index in [1.54, 1.807) is 17.1 Å².